The Balaban J connectivity index is 1.85. The summed E-state index contributed by atoms with van der Waals surface area (Å²) in [5.41, 5.74) is 1.78. The number of aryl methyl sites for hydroxylation is 1. The summed E-state index contributed by atoms with van der Waals surface area (Å²) in [7, 11) is 0. The van der Waals surface area contributed by atoms with Crippen molar-refractivity contribution in [2.45, 2.75) is 13.8 Å². The maximum atomic E-state index is 11.9. The SMILES string of the molecule is CCOc1ccccc1OCNC(=O)Nc1ccc(I)cc1C. The second-order valence-electron chi connectivity index (χ2n) is 4.76. The maximum absolute atomic E-state index is 11.9. The largest absolute Gasteiger partial charge is 0.490 e. The van der Waals surface area contributed by atoms with Gasteiger partial charge < -0.3 is 20.1 Å². The molecule has 0 fully saturated rings. The van der Waals surface area contributed by atoms with Crippen LogP contribution in [0.5, 0.6) is 11.5 Å². The Morgan fingerprint density at radius 2 is 1.83 bits per heavy atom. The summed E-state index contributed by atoms with van der Waals surface area (Å²) in [6, 6.07) is 12.9. The Bertz CT molecular complexity index is 677. The molecule has 0 aliphatic carbocycles. The first-order valence-electron chi connectivity index (χ1n) is 7.25. The summed E-state index contributed by atoms with van der Waals surface area (Å²) < 4.78 is 12.1. The van der Waals surface area contributed by atoms with Gasteiger partial charge in [-0.3, -0.25) is 0 Å². The molecule has 2 rings (SSSR count). The van der Waals surface area contributed by atoms with Crippen molar-refractivity contribution in [3.63, 3.8) is 0 Å². The van der Waals surface area contributed by atoms with E-state index in [0.717, 1.165) is 14.8 Å². The topological polar surface area (TPSA) is 59.6 Å². The van der Waals surface area contributed by atoms with Gasteiger partial charge in [-0.15, -0.1) is 0 Å². The van der Waals surface area contributed by atoms with Crippen molar-refractivity contribution in [2.24, 2.45) is 0 Å². The number of halogens is 1. The molecule has 122 valence electrons. The van der Waals surface area contributed by atoms with E-state index in [1.807, 2.05) is 50.2 Å². The molecule has 0 aromatic heterocycles. The Labute approximate surface area is 149 Å². The van der Waals surface area contributed by atoms with Gasteiger partial charge in [-0.25, -0.2) is 4.79 Å². The maximum Gasteiger partial charge on any atom is 0.321 e. The number of hydrogen-bond acceptors (Lipinski definition) is 3. The van der Waals surface area contributed by atoms with Gasteiger partial charge in [0.25, 0.3) is 0 Å². The minimum Gasteiger partial charge on any atom is -0.490 e. The Morgan fingerprint density at radius 3 is 2.48 bits per heavy atom. The van der Waals surface area contributed by atoms with Crippen molar-refractivity contribution in [1.29, 1.82) is 0 Å². The highest BCUT2D eigenvalue weighted by atomic mass is 127. The fraction of sp³-hybridized carbons (Fsp3) is 0.235. The summed E-state index contributed by atoms with van der Waals surface area (Å²) in [5, 5.41) is 5.46. The van der Waals surface area contributed by atoms with Gasteiger partial charge in [-0.1, -0.05) is 12.1 Å². The van der Waals surface area contributed by atoms with Crippen LogP contribution in [-0.4, -0.2) is 19.4 Å². The van der Waals surface area contributed by atoms with Crippen molar-refractivity contribution in [1.82, 2.24) is 5.32 Å². The van der Waals surface area contributed by atoms with Crippen LogP contribution in [0.1, 0.15) is 12.5 Å². The first-order valence-corrected chi connectivity index (χ1v) is 8.33. The summed E-state index contributed by atoms with van der Waals surface area (Å²) in [4.78, 5) is 11.9. The molecule has 2 amide bonds. The third kappa shape index (κ3) is 5.31. The molecule has 0 radical (unpaired) electrons. The highest BCUT2D eigenvalue weighted by molar-refractivity contribution is 14.1. The zero-order valence-corrected chi connectivity index (χ0v) is 15.2. The predicted molar refractivity (Wildman–Crippen MR) is 99.2 cm³/mol. The van der Waals surface area contributed by atoms with E-state index in [9.17, 15) is 4.79 Å². The van der Waals surface area contributed by atoms with Crippen LogP contribution in [0.3, 0.4) is 0 Å². The van der Waals surface area contributed by atoms with E-state index < -0.39 is 0 Å². The van der Waals surface area contributed by atoms with Gasteiger partial charge in [0.2, 0.25) is 0 Å². The number of ether oxygens (including phenoxy) is 2. The van der Waals surface area contributed by atoms with Crippen LogP contribution in [0.4, 0.5) is 10.5 Å². The number of nitrogens with one attached hydrogen (secondary N) is 2. The molecule has 0 aliphatic heterocycles. The van der Waals surface area contributed by atoms with Crippen LogP contribution < -0.4 is 20.1 Å². The average molecular weight is 426 g/mol. The average Bonchev–Trinajstić information content (AvgIpc) is 2.52. The molecule has 23 heavy (non-hydrogen) atoms. The molecule has 0 saturated heterocycles. The molecule has 0 unspecified atom stereocenters. The van der Waals surface area contributed by atoms with Crippen LogP contribution >= 0.6 is 22.6 Å². The smallest absolute Gasteiger partial charge is 0.321 e. The summed E-state index contributed by atoms with van der Waals surface area (Å²) >= 11 is 2.23. The molecule has 0 spiro atoms. The third-order valence-corrected chi connectivity index (χ3v) is 3.72. The highest BCUT2D eigenvalue weighted by Gasteiger charge is 2.06. The Morgan fingerprint density at radius 1 is 1.13 bits per heavy atom. The molecule has 0 atom stereocenters. The molecule has 6 heteroatoms. The Kier molecular flexibility index (Phi) is 6.52. The van der Waals surface area contributed by atoms with E-state index in [0.29, 0.717) is 18.1 Å². The van der Waals surface area contributed by atoms with Gasteiger partial charge >= 0.3 is 6.03 Å². The quantitative estimate of drug-likeness (QED) is 0.539. The van der Waals surface area contributed by atoms with E-state index in [1.165, 1.54) is 0 Å². The molecule has 0 bridgehead atoms. The number of anilines is 1. The normalized spacial score (nSPS) is 10.0. The predicted octanol–water partition coefficient (Wildman–Crippen LogP) is 4.16. The second-order valence-corrected chi connectivity index (χ2v) is 6.00. The van der Waals surface area contributed by atoms with Gasteiger partial charge in [0.05, 0.1) is 6.61 Å². The van der Waals surface area contributed by atoms with Crippen LogP contribution in [0.2, 0.25) is 0 Å². The van der Waals surface area contributed by atoms with Gasteiger partial charge in [0.1, 0.15) is 0 Å². The molecule has 2 aromatic rings. The lowest BCUT2D eigenvalue weighted by Crippen LogP contribution is -2.32. The number of para-hydroxylation sites is 2. The third-order valence-electron chi connectivity index (χ3n) is 3.05. The number of carbonyl (C=O) groups excluding carboxylic acids is 1. The van der Waals surface area contributed by atoms with Crippen LogP contribution in [0.15, 0.2) is 42.5 Å². The van der Waals surface area contributed by atoms with Crippen LogP contribution in [0.25, 0.3) is 0 Å². The lowest BCUT2D eigenvalue weighted by molar-refractivity contribution is 0.229. The molecular formula is C17H19IN2O3. The van der Waals surface area contributed by atoms with Gasteiger partial charge in [-0.2, -0.15) is 0 Å². The van der Waals surface area contributed by atoms with E-state index in [2.05, 4.69) is 33.2 Å². The zero-order valence-electron chi connectivity index (χ0n) is 13.1. The molecule has 0 heterocycles. The molecule has 0 saturated carbocycles. The number of urea groups is 1. The zero-order chi connectivity index (χ0) is 16.7. The fourth-order valence-corrected chi connectivity index (χ4v) is 2.60. The van der Waals surface area contributed by atoms with E-state index in [4.69, 9.17) is 9.47 Å². The van der Waals surface area contributed by atoms with Crippen molar-refractivity contribution in [2.75, 3.05) is 18.7 Å². The molecule has 2 aromatic carbocycles. The van der Waals surface area contributed by atoms with E-state index in [-0.39, 0.29) is 12.8 Å². The van der Waals surface area contributed by atoms with Crippen molar-refractivity contribution >= 4 is 34.3 Å². The monoisotopic (exact) mass is 426 g/mol. The lowest BCUT2D eigenvalue weighted by Gasteiger charge is -2.13. The van der Waals surface area contributed by atoms with Gasteiger partial charge in [-0.05, 0) is 72.3 Å². The molecule has 2 N–H and O–H groups in total. The number of hydrogen-bond donors (Lipinski definition) is 2. The molecule has 0 aliphatic rings. The number of carbonyl (C=O) groups is 1. The summed E-state index contributed by atoms with van der Waals surface area (Å²) in [6.07, 6.45) is 0. The fourth-order valence-electron chi connectivity index (χ4n) is 1.96. The standard InChI is InChI=1S/C17H19IN2O3/c1-3-22-15-6-4-5-7-16(15)23-11-19-17(21)20-14-9-8-13(18)10-12(14)2/h4-10H,3,11H2,1-2H3,(H2,19,20,21). The number of benzene rings is 2. The molecule has 5 nitrogen and oxygen atoms in total. The van der Waals surface area contributed by atoms with E-state index >= 15 is 0 Å². The second kappa shape index (κ2) is 8.61. The number of rotatable bonds is 6. The molecular weight excluding hydrogens is 407 g/mol. The Hall–Kier alpha value is -1.96. The summed E-state index contributed by atoms with van der Waals surface area (Å²) in [6.45, 7) is 4.47. The summed E-state index contributed by atoms with van der Waals surface area (Å²) in [5.74, 6) is 1.26. The minimum atomic E-state index is -0.316. The first-order chi connectivity index (χ1) is 11.1. The van der Waals surface area contributed by atoms with E-state index in [1.54, 1.807) is 6.07 Å². The number of amides is 2. The lowest BCUT2D eigenvalue weighted by atomic mass is 10.2. The first kappa shape index (κ1) is 17.4. The van der Waals surface area contributed by atoms with Crippen molar-refractivity contribution < 1.29 is 14.3 Å². The van der Waals surface area contributed by atoms with Crippen LogP contribution in [-0.2, 0) is 0 Å². The van der Waals surface area contributed by atoms with Crippen molar-refractivity contribution in [3.8, 4) is 11.5 Å². The highest BCUT2D eigenvalue weighted by Crippen LogP contribution is 2.26. The van der Waals surface area contributed by atoms with Crippen molar-refractivity contribution in [3.05, 3.63) is 51.6 Å². The van der Waals surface area contributed by atoms with Gasteiger partial charge in [0, 0.05) is 9.26 Å². The van der Waals surface area contributed by atoms with Crippen LogP contribution in [0, 0.1) is 10.5 Å². The van der Waals surface area contributed by atoms with Gasteiger partial charge in [0.15, 0.2) is 18.2 Å². The minimum absolute atomic E-state index is 0.0549.